The minimum atomic E-state index is -0.122. The van der Waals surface area contributed by atoms with E-state index in [1.165, 1.54) is 0 Å². The van der Waals surface area contributed by atoms with Crippen molar-refractivity contribution in [2.45, 2.75) is 25.0 Å². The standard InChI is InChI=1S/C15H19ClN2O2/c16-12-5-2-1-4-11(12)14-10-18(8-9-20-14)15(19)13-6-3-7-17-13/h1-2,4-5,13-14,17H,3,6-10H2/t13-,14-/m1/s1. The second kappa shape index (κ2) is 6.12. The number of carbonyl (C=O) groups is 1. The Kier molecular flexibility index (Phi) is 4.24. The molecule has 1 aromatic rings. The summed E-state index contributed by atoms with van der Waals surface area (Å²) in [5, 5.41) is 3.96. The summed E-state index contributed by atoms with van der Waals surface area (Å²) in [6, 6.07) is 7.66. The van der Waals surface area contributed by atoms with Crippen molar-refractivity contribution in [2.75, 3.05) is 26.2 Å². The molecule has 0 unspecified atom stereocenters. The Morgan fingerprint density at radius 3 is 3.00 bits per heavy atom. The maximum absolute atomic E-state index is 12.4. The lowest BCUT2D eigenvalue weighted by atomic mass is 10.1. The quantitative estimate of drug-likeness (QED) is 0.907. The van der Waals surface area contributed by atoms with Gasteiger partial charge in [0.05, 0.1) is 19.2 Å². The topological polar surface area (TPSA) is 41.6 Å². The fourth-order valence-electron chi connectivity index (χ4n) is 2.89. The van der Waals surface area contributed by atoms with Crippen molar-refractivity contribution >= 4 is 17.5 Å². The van der Waals surface area contributed by atoms with Gasteiger partial charge < -0.3 is 15.0 Å². The van der Waals surface area contributed by atoms with Crippen LogP contribution in [0.4, 0.5) is 0 Å². The molecule has 2 saturated heterocycles. The fraction of sp³-hybridized carbons (Fsp3) is 0.533. The molecule has 0 aromatic heterocycles. The van der Waals surface area contributed by atoms with E-state index in [4.69, 9.17) is 16.3 Å². The van der Waals surface area contributed by atoms with Crippen molar-refractivity contribution in [2.24, 2.45) is 0 Å². The van der Waals surface area contributed by atoms with Gasteiger partial charge in [-0.15, -0.1) is 0 Å². The number of morpholine rings is 1. The molecule has 0 bridgehead atoms. The first-order valence-corrected chi connectivity index (χ1v) is 7.51. The van der Waals surface area contributed by atoms with Crippen LogP contribution in [0.25, 0.3) is 0 Å². The molecule has 20 heavy (non-hydrogen) atoms. The Balaban J connectivity index is 1.70. The number of rotatable bonds is 2. The highest BCUT2D eigenvalue weighted by Crippen LogP contribution is 2.28. The number of benzene rings is 1. The summed E-state index contributed by atoms with van der Waals surface area (Å²) < 4.78 is 5.79. The Morgan fingerprint density at radius 2 is 2.25 bits per heavy atom. The average Bonchev–Trinajstić information content (AvgIpc) is 3.01. The van der Waals surface area contributed by atoms with Crippen LogP contribution in [-0.2, 0) is 9.53 Å². The second-order valence-electron chi connectivity index (χ2n) is 5.31. The van der Waals surface area contributed by atoms with Crippen molar-refractivity contribution in [3.8, 4) is 0 Å². The number of hydrogen-bond donors (Lipinski definition) is 1. The molecule has 2 aliphatic rings. The average molecular weight is 295 g/mol. The van der Waals surface area contributed by atoms with E-state index in [9.17, 15) is 4.79 Å². The highest BCUT2D eigenvalue weighted by Gasteiger charge is 2.31. The van der Waals surface area contributed by atoms with Crippen LogP contribution in [0.1, 0.15) is 24.5 Å². The first-order valence-electron chi connectivity index (χ1n) is 7.14. The van der Waals surface area contributed by atoms with Crippen molar-refractivity contribution in [3.05, 3.63) is 34.9 Å². The van der Waals surface area contributed by atoms with E-state index >= 15 is 0 Å². The van der Waals surface area contributed by atoms with E-state index in [0.717, 1.165) is 24.9 Å². The molecule has 0 aliphatic carbocycles. The lowest BCUT2D eigenvalue weighted by Gasteiger charge is -2.35. The molecule has 1 aromatic carbocycles. The molecule has 0 saturated carbocycles. The zero-order valence-corrected chi connectivity index (χ0v) is 12.1. The Hall–Kier alpha value is -1.10. The summed E-state index contributed by atoms with van der Waals surface area (Å²) >= 11 is 6.22. The highest BCUT2D eigenvalue weighted by atomic mass is 35.5. The van der Waals surface area contributed by atoms with Gasteiger partial charge in [-0.25, -0.2) is 0 Å². The molecule has 2 fully saturated rings. The van der Waals surface area contributed by atoms with E-state index in [0.29, 0.717) is 24.7 Å². The smallest absolute Gasteiger partial charge is 0.239 e. The third kappa shape index (κ3) is 2.82. The van der Waals surface area contributed by atoms with E-state index in [2.05, 4.69) is 5.32 Å². The summed E-state index contributed by atoms with van der Waals surface area (Å²) in [6.45, 7) is 2.75. The number of halogens is 1. The molecule has 5 heteroatoms. The second-order valence-corrected chi connectivity index (χ2v) is 5.72. The molecule has 1 amide bonds. The van der Waals surface area contributed by atoms with Crippen molar-refractivity contribution in [1.82, 2.24) is 10.2 Å². The molecule has 1 N–H and O–H groups in total. The zero-order valence-electron chi connectivity index (χ0n) is 11.3. The largest absolute Gasteiger partial charge is 0.370 e. The van der Waals surface area contributed by atoms with Crippen LogP contribution in [0.2, 0.25) is 5.02 Å². The summed E-state index contributed by atoms with van der Waals surface area (Å²) in [7, 11) is 0. The third-order valence-corrected chi connectivity index (χ3v) is 4.33. The molecule has 2 atom stereocenters. The molecule has 2 aliphatic heterocycles. The van der Waals surface area contributed by atoms with Gasteiger partial charge >= 0.3 is 0 Å². The van der Waals surface area contributed by atoms with Gasteiger partial charge in [-0.3, -0.25) is 4.79 Å². The van der Waals surface area contributed by atoms with Gasteiger partial charge in [0.2, 0.25) is 5.91 Å². The normalized spacial score (nSPS) is 26.8. The Morgan fingerprint density at radius 1 is 1.40 bits per heavy atom. The monoisotopic (exact) mass is 294 g/mol. The molecule has 4 nitrogen and oxygen atoms in total. The number of ether oxygens (including phenoxy) is 1. The maximum Gasteiger partial charge on any atom is 0.239 e. The summed E-state index contributed by atoms with van der Waals surface area (Å²) in [5.74, 6) is 0.197. The van der Waals surface area contributed by atoms with Gasteiger partial charge in [0.25, 0.3) is 0 Å². The van der Waals surface area contributed by atoms with Gasteiger partial charge in [0, 0.05) is 17.1 Å². The number of amides is 1. The summed E-state index contributed by atoms with van der Waals surface area (Å²) in [4.78, 5) is 14.3. The van der Waals surface area contributed by atoms with Crippen molar-refractivity contribution in [3.63, 3.8) is 0 Å². The molecular weight excluding hydrogens is 276 g/mol. The van der Waals surface area contributed by atoms with Crippen LogP contribution in [0, 0.1) is 0 Å². The SMILES string of the molecule is O=C([C@H]1CCCN1)N1CCO[C@@H](c2ccccc2Cl)C1. The van der Waals surface area contributed by atoms with Gasteiger partial charge in [-0.1, -0.05) is 29.8 Å². The minimum Gasteiger partial charge on any atom is -0.370 e. The molecule has 0 radical (unpaired) electrons. The van der Waals surface area contributed by atoms with Gasteiger partial charge in [0.15, 0.2) is 0 Å². The summed E-state index contributed by atoms with van der Waals surface area (Å²) in [5.41, 5.74) is 0.964. The maximum atomic E-state index is 12.4. The van der Waals surface area contributed by atoms with Crippen LogP contribution < -0.4 is 5.32 Å². The Labute approximate surface area is 124 Å². The Bertz CT molecular complexity index is 489. The zero-order chi connectivity index (χ0) is 13.9. The van der Waals surface area contributed by atoms with Crippen molar-refractivity contribution in [1.29, 1.82) is 0 Å². The van der Waals surface area contributed by atoms with Crippen LogP contribution in [0.3, 0.4) is 0 Å². The van der Waals surface area contributed by atoms with Crippen LogP contribution >= 0.6 is 11.6 Å². The molecule has 3 rings (SSSR count). The number of carbonyl (C=O) groups excluding carboxylic acids is 1. The van der Waals surface area contributed by atoms with Gasteiger partial charge in [-0.2, -0.15) is 0 Å². The predicted molar refractivity (Wildman–Crippen MR) is 77.7 cm³/mol. The van der Waals surface area contributed by atoms with Crippen LogP contribution in [-0.4, -0.2) is 43.1 Å². The minimum absolute atomic E-state index is 0.0139. The van der Waals surface area contributed by atoms with Crippen molar-refractivity contribution < 1.29 is 9.53 Å². The number of hydrogen-bond acceptors (Lipinski definition) is 3. The molecule has 108 valence electrons. The van der Waals surface area contributed by atoms with Crippen LogP contribution in [0.5, 0.6) is 0 Å². The van der Waals surface area contributed by atoms with E-state index in [-0.39, 0.29) is 18.1 Å². The van der Waals surface area contributed by atoms with Crippen LogP contribution in [0.15, 0.2) is 24.3 Å². The molecular formula is C15H19ClN2O2. The van der Waals surface area contributed by atoms with Gasteiger partial charge in [-0.05, 0) is 25.5 Å². The summed E-state index contributed by atoms with van der Waals surface area (Å²) in [6.07, 6.45) is 1.89. The predicted octanol–water partition coefficient (Wildman–Crippen LogP) is 1.99. The number of nitrogens with one attached hydrogen (secondary N) is 1. The van der Waals surface area contributed by atoms with E-state index in [1.54, 1.807) is 0 Å². The fourth-order valence-corrected chi connectivity index (χ4v) is 3.15. The first-order chi connectivity index (χ1) is 9.75. The third-order valence-electron chi connectivity index (χ3n) is 3.99. The lowest BCUT2D eigenvalue weighted by Crippen LogP contribution is -2.49. The number of nitrogens with zero attached hydrogens (tertiary/aromatic N) is 1. The van der Waals surface area contributed by atoms with Gasteiger partial charge in [0.1, 0.15) is 6.10 Å². The highest BCUT2D eigenvalue weighted by molar-refractivity contribution is 6.31. The lowest BCUT2D eigenvalue weighted by molar-refractivity contribution is -0.140. The van der Waals surface area contributed by atoms with E-state index < -0.39 is 0 Å². The molecule has 2 heterocycles. The van der Waals surface area contributed by atoms with E-state index in [1.807, 2.05) is 29.2 Å². The first kappa shape index (κ1) is 13.9. The molecule has 0 spiro atoms.